The van der Waals surface area contributed by atoms with E-state index in [-0.39, 0.29) is 5.92 Å². The van der Waals surface area contributed by atoms with E-state index in [2.05, 4.69) is 5.32 Å². The summed E-state index contributed by atoms with van der Waals surface area (Å²) in [6.45, 7) is 1.33. The van der Waals surface area contributed by atoms with E-state index in [1.54, 1.807) is 27.4 Å². The minimum Gasteiger partial charge on any atom is -0.496 e. The van der Waals surface area contributed by atoms with Crippen LogP contribution in [-0.4, -0.2) is 58.6 Å². The molecule has 0 aromatic heterocycles. The third-order valence-corrected chi connectivity index (χ3v) is 4.31. The Morgan fingerprint density at radius 3 is 2.32 bits per heavy atom. The maximum Gasteiger partial charge on any atom is 0.401 e. The lowest BCUT2D eigenvalue weighted by Gasteiger charge is -2.18. The van der Waals surface area contributed by atoms with Gasteiger partial charge in [-0.3, -0.25) is 4.90 Å². The largest absolute Gasteiger partial charge is 0.496 e. The molecule has 1 aliphatic heterocycles. The van der Waals surface area contributed by atoms with Crippen molar-refractivity contribution in [2.45, 2.75) is 19.1 Å². The Balaban J connectivity index is 1.88. The molecule has 1 aliphatic rings. The van der Waals surface area contributed by atoms with Gasteiger partial charge >= 0.3 is 6.18 Å². The molecule has 0 aliphatic carbocycles. The summed E-state index contributed by atoms with van der Waals surface area (Å²) in [4.78, 5) is 1.46. The van der Waals surface area contributed by atoms with Gasteiger partial charge in [0, 0.05) is 24.7 Å². The molecular weight excluding hydrogens is 337 g/mol. The zero-order valence-electron chi connectivity index (χ0n) is 14.8. The number of likely N-dealkylation sites (tertiary alicyclic amines) is 1. The first-order valence-electron chi connectivity index (χ1n) is 8.15. The summed E-state index contributed by atoms with van der Waals surface area (Å²) < 4.78 is 53.2. The molecule has 2 rings (SSSR count). The van der Waals surface area contributed by atoms with Gasteiger partial charge in [0.05, 0.1) is 27.9 Å². The molecule has 0 radical (unpaired) electrons. The van der Waals surface area contributed by atoms with Gasteiger partial charge in [0.25, 0.3) is 0 Å². The molecule has 1 N–H and O–H groups in total. The Kier molecular flexibility index (Phi) is 6.78. The molecule has 1 aromatic rings. The van der Waals surface area contributed by atoms with Gasteiger partial charge in [0.15, 0.2) is 11.5 Å². The van der Waals surface area contributed by atoms with E-state index in [0.717, 1.165) is 12.0 Å². The van der Waals surface area contributed by atoms with E-state index >= 15 is 0 Å². The number of halogens is 3. The average Bonchev–Trinajstić information content (AvgIpc) is 2.99. The highest BCUT2D eigenvalue weighted by atomic mass is 19.4. The second kappa shape index (κ2) is 8.62. The van der Waals surface area contributed by atoms with Crippen LogP contribution in [0.4, 0.5) is 13.2 Å². The van der Waals surface area contributed by atoms with Crippen LogP contribution >= 0.6 is 0 Å². The van der Waals surface area contributed by atoms with Crippen LogP contribution in [0.3, 0.4) is 0 Å². The normalized spacial score (nSPS) is 18.4. The molecule has 1 aromatic carbocycles. The first-order valence-corrected chi connectivity index (χ1v) is 8.15. The van der Waals surface area contributed by atoms with E-state index in [9.17, 15) is 13.2 Å². The van der Waals surface area contributed by atoms with E-state index < -0.39 is 12.7 Å². The number of hydrogen-bond acceptors (Lipinski definition) is 5. The summed E-state index contributed by atoms with van der Waals surface area (Å²) in [6.07, 6.45) is -3.36. The van der Waals surface area contributed by atoms with Crippen LogP contribution in [0.5, 0.6) is 17.2 Å². The SMILES string of the molecule is COc1cc(OC)c(OC)cc1CNCC1CCN(CC(F)(F)F)C1. The highest BCUT2D eigenvalue weighted by Crippen LogP contribution is 2.34. The van der Waals surface area contributed by atoms with E-state index in [1.165, 1.54) is 4.90 Å². The van der Waals surface area contributed by atoms with Crippen LogP contribution in [0, 0.1) is 5.92 Å². The van der Waals surface area contributed by atoms with Crippen molar-refractivity contribution < 1.29 is 27.4 Å². The molecular formula is C17H25F3N2O3. The molecule has 0 bridgehead atoms. The van der Waals surface area contributed by atoms with Crippen molar-refractivity contribution >= 4 is 0 Å². The fourth-order valence-electron chi connectivity index (χ4n) is 3.12. The number of hydrogen-bond donors (Lipinski definition) is 1. The van der Waals surface area contributed by atoms with Crippen molar-refractivity contribution in [2.75, 3.05) is 47.5 Å². The Hall–Kier alpha value is -1.67. The van der Waals surface area contributed by atoms with Crippen LogP contribution in [-0.2, 0) is 6.54 Å². The van der Waals surface area contributed by atoms with Crippen LogP contribution in [0.25, 0.3) is 0 Å². The Bertz CT molecular complexity index is 567. The van der Waals surface area contributed by atoms with Crippen molar-refractivity contribution in [3.63, 3.8) is 0 Å². The molecule has 1 fully saturated rings. The first-order chi connectivity index (χ1) is 11.9. The standard InChI is InChI=1S/C17H25F3N2O3/c1-23-14-7-16(25-3)15(24-2)6-13(14)9-21-8-12-4-5-22(10-12)11-17(18,19)20/h6-7,12,21H,4-5,8-11H2,1-3H3. The third kappa shape index (κ3) is 5.67. The lowest BCUT2D eigenvalue weighted by atomic mass is 10.1. The summed E-state index contributed by atoms with van der Waals surface area (Å²) in [5.74, 6) is 2.09. The smallest absolute Gasteiger partial charge is 0.401 e. The van der Waals surface area contributed by atoms with Gasteiger partial charge < -0.3 is 19.5 Å². The maximum absolute atomic E-state index is 12.4. The molecule has 1 heterocycles. The third-order valence-electron chi connectivity index (χ3n) is 4.31. The second-order valence-corrected chi connectivity index (χ2v) is 6.15. The first kappa shape index (κ1) is 19.7. The summed E-state index contributed by atoms with van der Waals surface area (Å²) >= 11 is 0. The number of nitrogens with one attached hydrogen (secondary N) is 1. The van der Waals surface area contributed by atoms with E-state index in [0.29, 0.717) is 43.4 Å². The summed E-state index contributed by atoms with van der Waals surface area (Å²) in [5.41, 5.74) is 0.908. The number of alkyl halides is 3. The summed E-state index contributed by atoms with van der Waals surface area (Å²) in [6, 6.07) is 3.60. The van der Waals surface area contributed by atoms with E-state index in [1.807, 2.05) is 6.07 Å². The minimum absolute atomic E-state index is 0.216. The van der Waals surface area contributed by atoms with Crippen LogP contribution < -0.4 is 19.5 Å². The molecule has 1 unspecified atom stereocenters. The molecule has 1 atom stereocenters. The molecule has 0 amide bonds. The number of nitrogens with zero attached hydrogens (tertiary/aromatic N) is 1. The zero-order valence-corrected chi connectivity index (χ0v) is 14.8. The lowest BCUT2D eigenvalue weighted by Crippen LogP contribution is -2.33. The molecule has 0 saturated carbocycles. The highest BCUT2D eigenvalue weighted by molar-refractivity contribution is 5.50. The molecule has 25 heavy (non-hydrogen) atoms. The molecule has 8 heteroatoms. The van der Waals surface area contributed by atoms with Crippen molar-refractivity contribution in [3.8, 4) is 17.2 Å². The van der Waals surface area contributed by atoms with Crippen molar-refractivity contribution in [3.05, 3.63) is 17.7 Å². The Morgan fingerprint density at radius 2 is 1.72 bits per heavy atom. The monoisotopic (exact) mass is 362 g/mol. The Labute approximate surface area is 146 Å². The van der Waals surface area contributed by atoms with Crippen molar-refractivity contribution in [2.24, 2.45) is 5.92 Å². The molecule has 142 valence electrons. The summed E-state index contributed by atoms with van der Waals surface area (Å²) in [5, 5.41) is 3.31. The van der Waals surface area contributed by atoms with Crippen molar-refractivity contribution in [1.29, 1.82) is 0 Å². The number of benzene rings is 1. The predicted octanol–water partition coefficient (Wildman–Crippen LogP) is 2.69. The van der Waals surface area contributed by atoms with Gasteiger partial charge in [-0.2, -0.15) is 13.2 Å². The second-order valence-electron chi connectivity index (χ2n) is 6.15. The number of ether oxygens (including phenoxy) is 3. The topological polar surface area (TPSA) is 43.0 Å². The zero-order chi connectivity index (χ0) is 18.4. The maximum atomic E-state index is 12.4. The Morgan fingerprint density at radius 1 is 1.08 bits per heavy atom. The predicted molar refractivity (Wildman–Crippen MR) is 88.4 cm³/mol. The van der Waals surface area contributed by atoms with Gasteiger partial charge in [0.2, 0.25) is 0 Å². The minimum atomic E-state index is -4.13. The lowest BCUT2D eigenvalue weighted by molar-refractivity contribution is -0.143. The fourth-order valence-corrected chi connectivity index (χ4v) is 3.12. The van der Waals surface area contributed by atoms with Crippen LogP contribution in [0.15, 0.2) is 12.1 Å². The van der Waals surface area contributed by atoms with Gasteiger partial charge in [-0.05, 0) is 31.5 Å². The average molecular weight is 362 g/mol. The summed E-state index contributed by atoms with van der Waals surface area (Å²) in [7, 11) is 4.70. The highest BCUT2D eigenvalue weighted by Gasteiger charge is 2.34. The molecule has 0 spiro atoms. The quantitative estimate of drug-likeness (QED) is 0.770. The van der Waals surface area contributed by atoms with Gasteiger partial charge in [-0.25, -0.2) is 0 Å². The van der Waals surface area contributed by atoms with Gasteiger partial charge in [0.1, 0.15) is 5.75 Å². The van der Waals surface area contributed by atoms with Crippen LogP contribution in [0.2, 0.25) is 0 Å². The van der Waals surface area contributed by atoms with Crippen LogP contribution in [0.1, 0.15) is 12.0 Å². The fraction of sp³-hybridized carbons (Fsp3) is 0.647. The van der Waals surface area contributed by atoms with Gasteiger partial charge in [-0.15, -0.1) is 0 Å². The number of methoxy groups -OCH3 is 3. The molecule has 5 nitrogen and oxygen atoms in total. The number of rotatable bonds is 8. The van der Waals surface area contributed by atoms with E-state index in [4.69, 9.17) is 14.2 Å². The van der Waals surface area contributed by atoms with Crippen molar-refractivity contribution in [1.82, 2.24) is 10.2 Å². The molecule has 1 saturated heterocycles. The van der Waals surface area contributed by atoms with Gasteiger partial charge in [-0.1, -0.05) is 0 Å².